The average Bonchev–Trinajstić information content (AvgIpc) is 3.19. The first-order valence-electron chi connectivity index (χ1n) is 16.1. The molecular formula is C37H48N2O7Si. The van der Waals surface area contributed by atoms with Crippen molar-refractivity contribution in [1.29, 1.82) is 0 Å². The van der Waals surface area contributed by atoms with Crippen molar-refractivity contribution in [3.05, 3.63) is 90.0 Å². The van der Waals surface area contributed by atoms with Crippen LogP contribution in [0.3, 0.4) is 0 Å². The van der Waals surface area contributed by atoms with Crippen molar-refractivity contribution < 1.29 is 33.0 Å². The van der Waals surface area contributed by atoms with Crippen LogP contribution in [0.2, 0.25) is 18.1 Å². The summed E-state index contributed by atoms with van der Waals surface area (Å²) in [7, 11) is -2.29. The molecule has 4 rings (SSSR count). The van der Waals surface area contributed by atoms with E-state index in [4.69, 9.17) is 18.6 Å². The van der Waals surface area contributed by atoms with Gasteiger partial charge in [-0.05, 0) is 81.7 Å². The predicted molar refractivity (Wildman–Crippen MR) is 184 cm³/mol. The van der Waals surface area contributed by atoms with Crippen LogP contribution >= 0.6 is 0 Å². The Kier molecular flexibility index (Phi) is 10.7. The highest BCUT2D eigenvalue weighted by atomic mass is 28.4. The minimum atomic E-state index is -2.29. The molecule has 0 aliphatic carbocycles. The lowest BCUT2D eigenvalue weighted by molar-refractivity contribution is -0.0412. The summed E-state index contributed by atoms with van der Waals surface area (Å²) in [6.45, 7) is 16.7. The van der Waals surface area contributed by atoms with Gasteiger partial charge in [-0.1, -0.05) is 63.2 Å². The zero-order chi connectivity index (χ0) is 34.5. The van der Waals surface area contributed by atoms with E-state index in [1.807, 2.05) is 45.0 Å². The van der Waals surface area contributed by atoms with E-state index in [1.165, 1.54) is 0 Å². The lowest BCUT2D eigenvalue weighted by Crippen LogP contribution is -2.52. The van der Waals surface area contributed by atoms with E-state index in [2.05, 4.69) is 39.2 Å². The first-order chi connectivity index (χ1) is 22.0. The molecule has 3 aromatic carbocycles. The molecule has 10 heteroatoms. The van der Waals surface area contributed by atoms with E-state index in [0.717, 1.165) is 0 Å². The number of carbonyl (C=O) groups is 3. The standard InChI is InChI=1S/C37H48N2O7Si/c1-35(2,3)45-34(42)39-25-16-23-37(24-26-39,38-32(40)28-19-12-15-22-31(28)46-47(7,8)36(4,5)6)44-33(41)29-20-13-14-21-30(29)43-27-17-10-9-11-18-27/h9-15,17-22H,16,23-26H2,1-8H3,(H,38,40). The summed E-state index contributed by atoms with van der Waals surface area (Å²) >= 11 is 0. The third kappa shape index (κ3) is 9.38. The molecule has 3 aromatic rings. The van der Waals surface area contributed by atoms with Gasteiger partial charge in [0.15, 0.2) is 5.72 Å². The monoisotopic (exact) mass is 660 g/mol. The summed E-state index contributed by atoms with van der Waals surface area (Å²) in [4.78, 5) is 42.7. The maximum absolute atomic E-state index is 14.1. The SMILES string of the molecule is CC(C)(C)OC(=O)N1CCCC(NC(=O)c2ccccc2O[Si](C)(C)C(C)(C)C)(OC(=O)c2ccccc2Oc2ccccc2)CC1. The van der Waals surface area contributed by atoms with Crippen LogP contribution in [0.1, 0.15) is 81.5 Å². The van der Waals surface area contributed by atoms with Gasteiger partial charge in [-0.3, -0.25) is 4.79 Å². The summed E-state index contributed by atoms with van der Waals surface area (Å²) in [5.74, 6) is 0.266. The summed E-state index contributed by atoms with van der Waals surface area (Å²) in [6.07, 6.45) is 0.422. The fourth-order valence-corrected chi connectivity index (χ4v) is 5.92. The van der Waals surface area contributed by atoms with Crippen LogP contribution in [0.4, 0.5) is 4.79 Å². The summed E-state index contributed by atoms with van der Waals surface area (Å²) in [6, 6.07) is 23.1. The number of ether oxygens (including phenoxy) is 3. The number of amides is 2. The second-order valence-electron chi connectivity index (χ2n) is 14.4. The Bertz CT molecular complexity index is 1560. The molecule has 47 heavy (non-hydrogen) atoms. The molecule has 1 N–H and O–H groups in total. The highest BCUT2D eigenvalue weighted by Gasteiger charge is 2.42. The number of benzene rings is 3. The van der Waals surface area contributed by atoms with E-state index in [-0.39, 0.29) is 30.0 Å². The zero-order valence-corrected chi connectivity index (χ0v) is 29.8. The molecule has 1 unspecified atom stereocenters. The molecule has 0 bridgehead atoms. The van der Waals surface area contributed by atoms with Gasteiger partial charge in [0.05, 0.1) is 5.56 Å². The molecule has 1 atom stereocenters. The van der Waals surface area contributed by atoms with Gasteiger partial charge in [-0.25, -0.2) is 9.59 Å². The zero-order valence-electron chi connectivity index (χ0n) is 28.8. The second kappa shape index (κ2) is 14.2. The number of rotatable bonds is 8. The minimum Gasteiger partial charge on any atom is -0.543 e. The fourth-order valence-electron chi connectivity index (χ4n) is 4.89. The lowest BCUT2D eigenvalue weighted by Gasteiger charge is -2.37. The van der Waals surface area contributed by atoms with Crippen LogP contribution in [-0.4, -0.2) is 55.6 Å². The van der Waals surface area contributed by atoms with Crippen LogP contribution in [0.15, 0.2) is 78.9 Å². The molecule has 252 valence electrons. The first kappa shape index (κ1) is 35.5. The number of likely N-dealkylation sites (tertiary alicyclic amines) is 1. The van der Waals surface area contributed by atoms with Crippen molar-refractivity contribution in [3.8, 4) is 17.2 Å². The molecule has 1 aliphatic rings. The van der Waals surface area contributed by atoms with E-state index >= 15 is 0 Å². The maximum Gasteiger partial charge on any atom is 0.410 e. The Morgan fingerprint density at radius 3 is 2.00 bits per heavy atom. The Morgan fingerprint density at radius 1 is 0.766 bits per heavy atom. The van der Waals surface area contributed by atoms with Crippen molar-refractivity contribution in [2.45, 2.75) is 90.3 Å². The molecule has 0 saturated carbocycles. The Hall–Kier alpha value is -4.31. The molecule has 9 nitrogen and oxygen atoms in total. The Labute approximate surface area is 279 Å². The van der Waals surface area contributed by atoms with Gasteiger partial charge in [0, 0.05) is 25.9 Å². The summed E-state index contributed by atoms with van der Waals surface area (Å²) < 4.78 is 24.5. The van der Waals surface area contributed by atoms with Crippen molar-refractivity contribution in [2.75, 3.05) is 13.1 Å². The number of nitrogens with one attached hydrogen (secondary N) is 1. The van der Waals surface area contributed by atoms with Crippen molar-refractivity contribution >= 4 is 26.3 Å². The molecular weight excluding hydrogens is 613 g/mol. The molecule has 1 saturated heterocycles. The highest BCUT2D eigenvalue weighted by molar-refractivity contribution is 6.74. The first-order valence-corrected chi connectivity index (χ1v) is 19.0. The molecule has 0 radical (unpaired) electrons. The third-order valence-electron chi connectivity index (χ3n) is 8.46. The Morgan fingerprint density at radius 2 is 1.36 bits per heavy atom. The van der Waals surface area contributed by atoms with Crippen LogP contribution in [0.5, 0.6) is 17.2 Å². The average molecular weight is 661 g/mol. The summed E-state index contributed by atoms with van der Waals surface area (Å²) in [5.41, 5.74) is -1.56. The van der Waals surface area contributed by atoms with Crippen LogP contribution in [0.25, 0.3) is 0 Å². The number of nitrogens with zero attached hydrogens (tertiary/aromatic N) is 1. The smallest absolute Gasteiger partial charge is 0.410 e. The third-order valence-corrected chi connectivity index (χ3v) is 12.8. The summed E-state index contributed by atoms with van der Waals surface area (Å²) in [5, 5.41) is 2.98. The quantitative estimate of drug-likeness (QED) is 0.147. The number of hydrogen-bond donors (Lipinski definition) is 1. The van der Waals surface area contributed by atoms with Crippen molar-refractivity contribution in [1.82, 2.24) is 10.2 Å². The minimum absolute atomic E-state index is 0.0883. The topological polar surface area (TPSA) is 103 Å². The number of hydrogen-bond acceptors (Lipinski definition) is 7. The van der Waals surface area contributed by atoms with Crippen LogP contribution in [-0.2, 0) is 9.47 Å². The number of esters is 1. The fraction of sp³-hybridized carbons (Fsp3) is 0.432. The van der Waals surface area contributed by atoms with Gasteiger partial charge in [0.2, 0.25) is 0 Å². The Balaban J connectivity index is 1.66. The van der Waals surface area contributed by atoms with Gasteiger partial charge in [0.25, 0.3) is 14.2 Å². The van der Waals surface area contributed by atoms with Gasteiger partial charge in [-0.2, -0.15) is 0 Å². The van der Waals surface area contributed by atoms with E-state index in [0.29, 0.717) is 35.8 Å². The van der Waals surface area contributed by atoms with Crippen LogP contribution < -0.4 is 14.5 Å². The molecule has 1 fully saturated rings. The second-order valence-corrected chi connectivity index (χ2v) is 19.2. The van der Waals surface area contributed by atoms with Crippen molar-refractivity contribution in [2.24, 2.45) is 0 Å². The molecule has 0 aromatic heterocycles. The normalized spacial score (nSPS) is 17.2. The van der Waals surface area contributed by atoms with E-state index in [1.54, 1.807) is 59.5 Å². The largest absolute Gasteiger partial charge is 0.543 e. The molecule has 0 spiro atoms. The van der Waals surface area contributed by atoms with E-state index < -0.39 is 37.6 Å². The van der Waals surface area contributed by atoms with Gasteiger partial charge in [0.1, 0.15) is 28.4 Å². The molecule has 2 amide bonds. The van der Waals surface area contributed by atoms with E-state index in [9.17, 15) is 14.4 Å². The van der Waals surface area contributed by atoms with Gasteiger partial charge >= 0.3 is 12.1 Å². The van der Waals surface area contributed by atoms with Gasteiger partial charge < -0.3 is 28.9 Å². The number of para-hydroxylation sites is 3. The highest BCUT2D eigenvalue weighted by Crippen LogP contribution is 2.38. The lowest BCUT2D eigenvalue weighted by atomic mass is 10.0. The maximum atomic E-state index is 14.1. The molecule has 1 heterocycles. The number of carbonyl (C=O) groups excluding carboxylic acids is 3. The molecule has 1 aliphatic heterocycles. The van der Waals surface area contributed by atoms with Crippen LogP contribution in [0, 0.1) is 0 Å². The van der Waals surface area contributed by atoms with Gasteiger partial charge in [-0.15, -0.1) is 0 Å². The predicted octanol–water partition coefficient (Wildman–Crippen LogP) is 8.57. The van der Waals surface area contributed by atoms with Crippen molar-refractivity contribution in [3.63, 3.8) is 0 Å².